The second kappa shape index (κ2) is 4.45. The van der Waals surface area contributed by atoms with Gasteiger partial charge >= 0.3 is 0 Å². The van der Waals surface area contributed by atoms with E-state index < -0.39 is 0 Å². The van der Waals surface area contributed by atoms with E-state index in [-0.39, 0.29) is 11.6 Å². The summed E-state index contributed by atoms with van der Waals surface area (Å²) in [6.45, 7) is 0. The smallest absolute Gasteiger partial charge is 0.186 e. The number of anilines is 1. The fourth-order valence-electron chi connectivity index (χ4n) is 1.67. The van der Waals surface area contributed by atoms with Crippen molar-refractivity contribution in [1.29, 1.82) is 0 Å². The van der Waals surface area contributed by atoms with E-state index in [0.717, 1.165) is 0 Å². The standard InChI is InChI=1S/C12H9FN6/c13-9-4-2-1-3-7(9)11-17-12(19-18-11)8-5-15-6-16-10(8)14/h1-6H,(H2,14,15,16)(H,17,18,19). The summed E-state index contributed by atoms with van der Waals surface area (Å²) in [6, 6.07) is 6.31. The molecule has 7 heteroatoms. The van der Waals surface area contributed by atoms with Crippen molar-refractivity contribution in [3.63, 3.8) is 0 Å². The number of nitrogens with two attached hydrogens (primary N) is 1. The summed E-state index contributed by atoms with van der Waals surface area (Å²) >= 11 is 0. The van der Waals surface area contributed by atoms with Gasteiger partial charge in [-0.3, -0.25) is 5.10 Å². The average Bonchev–Trinajstić information content (AvgIpc) is 2.89. The number of hydrogen-bond donors (Lipinski definition) is 2. The van der Waals surface area contributed by atoms with E-state index in [2.05, 4.69) is 25.1 Å². The van der Waals surface area contributed by atoms with Crippen LogP contribution in [-0.4, -0.2) is 25.1 Å². The monoisotopic (exact) mass is 256 g/mol. The van der Waals surface area contributed by atoms with Crippen LogP contribution in [0.2, 0.25) is 0 Å². The zero-order valence-electron chi connectivity index (χ0n) is 9.71. The fraction of sp³-hybridized carbons (Fsp3) is 0. The highest BCUT2D eigenvalue weighted by molar-refractivity contribution is 5.68. The normalized spacial score (nSPS) is 10.6. The minimum atomic E-state index is -0.373. The molecule has 0 saturated heterocycles. The molecule has 0 aliphatic heterocycles. The lowest BCUT2D eigenvalue weighted by molar-refractivity contribution is 0.630. The van der Waals surface area contributed by atoms with Gasteiger partial charge in [-0.25, -0.2) is 19.3 Å². The van der Waals surface area contributed by atoms with Gasteiger partial charge in [-0.05, 0) is 12.1 Å². The SMILES string of the molecule is Nc1ncncc1-c1n[nH]c(-c2ccccc2F)n1. The molecule has 0 aliphatic rings. The second-order valence-corrected chi connectivity index (χ2v) is 3.81. The Balaban J connectivity index is 2.06. The third kappa shape index (κ3) is 2.01. The Morgan fingerprint density at radius 1 is 1.16 bits per heavy atom. The Hall–Kier alpha value is -2.83. The van der Waals surface area contributed by atoms with E-state index in [0.29, 0.717) is 22.8 Å². The molecule has 2 heterocycles. The lowest BCUT2D eigenvalue weighted by Gasteiger charge is -1.98. The van der Waals surface area contributed by atoms with E-state index in [1.165, 1.54) is 18.6 Å². The Labute approximate surface area is 107 Å². The van der Waals surface area contributed by atoms with Crippen LogP contribution in [0, 0.1) is 5.82 Å². The Morgan fingerprint density at radius 3 is 2.79 bits per heavy atom. The minimum Gasteiger partial charge on any atom is -0.383 e. The van der Waals surface area contributed by atoms with Gasteiger partial charge in [-0.15, -0.1) is 0 Å². The maximum absolute atomic E-state index is 13.6. The van der Waals surface area contributed by atoms with Gasteiger partial charge in [0.1, 0.15) is 18.0 Å². The first-order valence-electron chi connectivity index (χ1n) is 5.49. The quantitative estimate of drug-likeness (QED) is 0.727. The van der Waals surface area contributed by atoms with Crippen molar-refractivity contribution < 1.29 is 4.39 Å². The molecule has 0 amide bonds. The van der Waals surface area contributed by atoms with Crippen molar-refractivity contribution in [2.24, 2.45) is 0 Å². The van der Waals surface area contributed by atoms with Crippen molar-refractivity contribution in [2.45, 2.75) is 0 Å². The number of hydrogen-bond acceptors (Lipinski definition) is 5. The summed E-state index contributed by atoms with van der Waals surface area (Å²) in [7, 11) is 0. The van der Waals surface area contributed by atoms with Crippen LogP contribution in [0.25, 0.3) is 22.8 Å². The Morgan fingerprint density at radius 2 is 2.00 bits per heavy atom. The van der Waals surface area contributed by atoms with E-state index in [1.807, 2.05) is 0 Å². The molecule has 0 saturated carbocycles. The summed E-state index contributed by atoms with van der Waals surface area (Å²) in [5, 5.41) is 6.68. The number of halogens is 1. The number of aromatic amines is 1. The van der Waals surface area contributed by atoms with Crippen molar-refractivity contribution in [1.82, 2.24) is 25.1 Å². The number of aromatic nitrogens is 5. The molecule has 2 aromatic heterocycles. The molecule has 3 rings (SSSR count). The molecule has 3 N–H and O–H groups in total. The number of nitrogen functional groups attached to an aromatic ring is 1. The molecular formula is C12H9FN6. The fourth-order valence-corrected chi connectivity index (χ4v) is 1.67. The first-order valence-corrected chi connectivity index (χ1v) is 5.49. The number of benzene rings is 1. The van der Waals surface area contributed by atoms with Crippen molar-refractivity contribution in [3.8, 4) is 22.8 Å². The predicted molar refractivity (Wildman–Crippen MR) is 67.2 cm³/mol. The van der Waals surface area contributed by atoms with E-state index in [9.17, 15) is 4.39 Å². The molecule has 0 unspecified atom stereocenters. The van der Waals surface area contributed by atoms with Crippen LogP contribution in [0.5, 0.6) is 0 Å². The predicted octanol–water partition coefficient (Wildman–Crippen LogP) is 1.65. The van der Waals surface area contributed by atoms with Gasteiger partial charge in [0.25, 0.3) is 0 Å². The lowest BCUT2D eigenvalue weighted by Crippen LogP contribution is -1.95. The molecule has 0 spiro atoms. The van der Waals surface area contributed by atoms with Crippen LogP contribution in [0.15, 0.2) is 36.8 Å². The van der Waals surface area contributed by atoms with Crippen LogP contribution in [0.3, 0.4) is 0 Å². The van der Waals surface area contributed by atoms with Crippen molar-refractivity contribution >= 4 is 5.82 Å². The molecule has 1 aromatic carbocycles. The van der Waals surface area contributed by atoms with Gasteiger partial charge in [0.15, 0.2) is 11.6 Å². The second-order valence-electron chi connectivity index (χ2n) is 3.81. The molecule has 0 atom stereocenters. The third-order valence-corrected chi connectivity index (χ3v) is 2.60. The first kappa shape index (κ1) is 11.3. The average molecular weight is 256 g/mol. The van der Waals surface area contributed by atoms with Gasteiger partial charge in [0.05, 0.1) is 11.1 Å². The highest BCUT2D eigenvalue weighted by Gasteiger charge is 2.13. The maximum Gasteiger partial charge on any atom is 0.186 e. The van der Waals surface area contributed by atoms with Crippen molar-refractivity contribution in [2.75, 3.05) is 5.73 Å². The molecule has 0 radical (unpaired) electrons. The van der Waals surface area contributed by atoms with Crippen molar-refractivity contribution in [3.05, 3.63) is 42.6 Å². The van der Waals surface area contributed by atoms with Crippen LogP contribution < -0.4 is 5.73 Å². The topological polar surface area (TPSA) is 93.4 Å². The maximum atomic E-state index is 13.6. The van der Waals surface area contributed by atoms with Gasteiger partial charge in [0, 0.05) is 6.20 Å². The number of nitrogens with zero attached hydrogens (tertiary/aromatic N) is 4. The van der Waals surface area contributed by atoms with Gasteiger partial charge < -0.3 is 5.73 Å². The minimum absolute atomic E-state index is 0.272. The molecule has 0 bridgehead atoms. The molecule has 0 aliphatic carbocycles. The summed E-state index contributed by atoms with van der Waals surface area (Å²) in [5.41, 5.74) is 6.56. The summed E-state index contributed by atoms with van der Waals surface area (Å²) in [6.07, 6.45) is 2.85. The first-order chi connectivity index (χ1) is 9.25. The van der Waals surface area contributed by atoms with Crippen LogP contribution in [0.4, 0.5) is 10.2 Å². The molecular weight excluding hydrogens is 247 g/mol. The highest BCUT2D eigenvalue weighted by atomic mass is 19.1. The van der Waals surface area contributed by atoms with Crippen LogP contribution in [0.1, 0.15) is 0 Å². The molecule has 94 valence electrons. The van der Waals surface area contributed by atoms with E-state index >= 15 is 0 Å². The number of H-pyrrole nitrogens is 1. The molecule has 0 fully saturated rings. The van der Waals surface area contributed by atoms with E-state index in [1.54, 1.807) is 18.2 Å². The summed E-state index contributed by atoms with van der Waals surface area (Å²) < 4.78 is 13.6. The Kier molecular flexibility index (Phi) is 2.64. The molecule has 6 nitrogen and oxygen atoms in total. The molecule has 3 aromatic rings. The van der Waals surface area contributed by atoms with Crippen LogP contribution >= 0.6 is 0 Å². The number of rotatable bonds is 2. The zero-order chi connectivity index (χ0) is 13.2. The lowest BCUT2D eigenvalue weighted by atomic mass is 10.2. The van der Waals surface area contributed by atoms with Crippen LogP contribution in [-0.2, 0) is 0 Å². The van der Waals surface area contributed by atoms with Gasteiger partial charge in [-0.1, -0.05) is 12.1 Å². The summed E-state index contributed by atoms with van der Waals surface area (Å²) in [5.74, 6) is 0.560. The van der Waals surface area contributed by atoms with Gasteiger partial charge in [-0.2, -0.15) is 5.10 Å². The summed E-state index contributed by atoms with van der Waals surface area (Å²) in [4.78, 5) is 11.9. The zero-order valence-corrected chi connectivity index (χ0v) is 9.71. The largest absolute Gasteiger partial charge is 0.383 e. The third-order valence-electron chi connectivity index (χ3n) is 2.60. The molecule has 19 heavy (non-hydrogen) atoms. The highest BCUT2D eigenvalue weighted by Crippen LogP contribution is 2.23. The van der Waals surface area contributed by atoms with Gasteiger partial charge in [0.2, 0.25) is 0 Å². The Bertz CT molecular complexity index is 663. The number of nitrogens with one attached hydrogen (secondary N) is 1. The van der Waals surface area contributed by atoms with E-state index in [4.69, 9.17) is 5.73 Å².